The molecule has 0 saturated carbocycles. The Hall–Kier alpha value is -6.98. The van der Waals surface area contributed by atoms with E-state index in [-0.39, 0.29) is 6.71 Å². The first-order valence-electron chi connectivity index (χ1n) is 18.4. The molecular formula is C48H29BN4. The number of nitrogens with zero attached hydrogens (tertiary/aromatic N) is 4. The van der Waals surface area contributed by atoms with E-state index in [1.54, 1.807) is 0 Å². The van der Waals surface area contributed by atoms with Gasteiger partial charge >= 0.3 is 0 Å². The van der Waals surface area contributed by atoms with Crippen molar-refractivity contribution in [3.05, 3.63) is 176 Å². The molecule has 0 atom stereocenters. The van der Waals surface area contributed by atoms with Crippen LogP contribution in [0.25, 0.3) is 55.0 Å². The number of fused-ring (bicyclic) bond motifs is 8. The molecule has 0 spiro atoms. The molecule has 5 heteroatoms. The molecule has 0 unspecified atom stereocenters. The van der Waals surface area contributed by atoms with Crippen LogP contribution in [-0.2, 0) is 0 Å². The highest BCUT2D eigenvalue weighted by Gasteiger charge is 2.48. The number of hydrogen-bond donors (Lipinski definition) is 0. The summed E-state index contributed by atoms with van der Waals surface area (Å²) in [6.45, 7) is 0.0870. The van der Waals surface area contributed by atoms with E-state index < -0.39 is 0 Å². The van der Waals surface area contributed by atoms with Gasteiger partial charge in [0.05, 0.1) is 22.1 Å². The van der Waals surface area contributed by atoms with E-state index >= 15 is 0 Å². The van der Waals surface area contributed by atoms with Crippen LogP contribution in [0.5, 0.6) is 0 Å². The van der Waals surface area contributed by atoms with Gasteiger partial charge in [-0.3, -0.25) is 0 Å². The molecule has 0 radical (unpaired) electrons. The Labute approximate surface area is 306 Å². The minimum absolute atomic E-state index is 0.0870. The van der Waals surface area contributed by atoms with Crippen molar-refractivity contribution >= 4 is 101 Å². The van der Waals surface area contributed by atoms with Crippen LogP contribution in [0.2, 0.25) is 0 Å². The standard InChI is InChI=1S/C48H29BN4/c1-4-14-30(15-5-1)50-36-21-11-10-20-35(36)43-37(50)28-26-33-34-27-29-42-46-48(34)53(47(33)43)41-25-13-24-40-45(41)49(46)44-38(51(40)31-16-6-2-7-17-31)22-12-23-39(44)52(42)32-18-8-3-9-19-32/h1-29H. The van der Waals surface area contributed by atoms with E-state index in [4.69, 9.17) is 0 Å². The first-order chi connectivity index (χ1) is 26.4. The van der Waals surface area contributed by atoms with Crippen molar-refractivity contribution in [3.8, 4) is 11.4 Å². The van der Waals surface area contributed by atoms with Gasteiger partial charge in [0.15, 0.2) is 0 Å². The second-order valence-electron chi connectivity index (χ2n) is 14.5. The first-order valence-corrected chi connectivity index (χ1v) is 18.4. The van der Waals surface area contributed by atoms with Gasteiger partial charge in [0.2, 0.25) is 0 Å². The summed E-state index contributed by atoms with van der Waals surface area (Å²) in [4.78, 5) is 5.00. The zero-order valence-electron chi connectivity index (χ0n) is 28.6. The number of anilines is 6. The van der Waals surface area contributed by atoms with Crippen molar-refractivity contribution in [2.75, 3.05) is 9.80 Å². The Balaban J connectivity index is 1.26. The Morgan fingerprint density at radius 1 is 0.302 bits per heavy atom. The monoisotopic (exact) mass is 672 g/mol. The zero-order chi connectivity index (χ0) is 34.4. The number of hydrogen-bond acceptors (Lipinski definition) is 2. The summed E-state index contributed by atoms with van der Waals surface area (Å²) < 4.78 is 5.07. The molecule has 0 bridgehead atoms. The molecule has 8 aromatic carbocycles. The Morgan fingerprint density at radius 3 is 1.47 bits per heavy atom. The molecular weight excluding hydrogens is 643 g/mol. The van der Waals surface area contributed by atoms with Crippen molar-refractivity contribution in [3.63, 3.8) is 0 Å². The SMILES string of the molecule is c1ccc(N2c3cccc4c3B3c5c2cccc5-n2c5c3c(ccc5c3ccc5c(c6ccccc6n5-c5ccccc5)c32)N4c2ccccc2)cc1. The fourth-order valence-electron chi connectivity index (χ4n) is 10.1. The average molecular weight is 673 g/mol. The van der Waals surface area contributed by atoms with Gasteiger partial charge in [0.25, 0.3) is 6.71 Å². The van der Waals surface area contributed by atoms with Crippen LogP contribution in [0, 0.1) is 0 Å². The lowest BCUT2D eigenvalue weighted by Gasteiger charge is -2.46. The Kier molecular flexibility index (Phi) is 5.16. The third-order valence-corrected chi connectivity index (χ3v) is 12.0. The van der Waals surface area contributed by atoms with Crippen molar-refractivity contribution < 1.29 is 0 Å². The molecule has 244 valence electrons. The van der Waals surface area contributed by atoms with E-state index in [0.29, 0.717) is 0 Å². The van der Waals surface area contributed by atoms with Crippen LogP contribution in [0.3, 0.4) is 0 Å². The quantitative estimate of drug-likeness (QED) is 0.174. The van der Waals surface area contributed by atoms with Crippen molar-refractivity contribution in [2.24, 2.45) is 0 Å². The highest BCUT2D eigenvalue weighted by molar-refractivity contribution is 7.02. The number of aromatic nitrogens is 2. The second-order valence-corrected chi connectivity index (χ2v) is 14.5. The smallest absolute Gasteiger partial charge is 0.257 e. The summed E-state index contributed by atoms with van der Waals surface area (Å²) in [7, 11) is 0. The zero-order valence-corrected chi connectivity index (χ0v) is 28.6. The number of para-hydroxylation sites is 4. The highest BCUT2D eigenvalue weighted by Crippen LogP contribution is 2.49. The maximum Gasteiger partial charge on any atom is 0.257 e. The molecule has 13 rings (SSSR count). The lowest BCUT2D eigenvalue weighted by atomic mass is 9.32. The lowest BCUT2D eigenvalue weighted by Crippen LogP contribution is -2.64. The van der Waals surface area contributed by atoms with Crippen LogP contribution >= 0.6 is 0 Å². The molecule has 0 N–H and O–H groups in total. The Morgan fingerprint density at radius 2 is 0.811 bits per heavy atom. The summed E-state index contributed by atoms with van der Waals surface area (Å²) in [5, 5.41) is 5.14. The van der Waals surface area contributed by atoms with Crippen LogP contribution in [0.4, 0.5) is 34.1 Å². The summed E-state index contributed by atoms with van der Waals surface area (Å²) in [5.41, 5.74) is 18.9. The maximum absolute atomic E-state index is 2.63. The molecule has 0 aliphatic carbocycles. The van der Waals surface area contributed by atoms with Gasteiger partial charge in [0.1, 0.15) is 0 Å². The maximum atomic E-state index is 2.63. The van der Waals surface area contributed by atoms with Gasteiger partial charge in [-0.05, 0) is 95.3 Å². The fourth-order valence-corrected chi connectivity index (χ4v) is 10.1. The van der Waals surface area contributed by atoms with Gasteiger partial charge in [-0.2, -0.15) is 0 Å². The summed E-state index contributed by atoms with van der Waals surface area (Å²) in [6, 6.07) is 64.8. The van der Waals surface area contributed by atoms with E-state index in [0.717, 1.165) is 0 Å². The van der Waals surface area contributed by atoms with Gasteiger partial charge in [-0.25, -0.2) is 0 Å². The summed E-state index contributed by atoms with van der Waals surface area (Å²) in [6.07, 6.45) is 0. The van der Waals surface area contributed by atoms with Crippen LogP contribution < -0.4 is 26.2 Å². The topological polar surface area (TPSA) is 16.3 Å². The van der Waals surface area contributed by atoms with Crippen LogP contribution in [-0.4, -0.2) is 15.8 Å². The predicted octanol–water partition coefficient (Wildman–Crippen LogP) is 10.3. The van der Waals surface area contributed by atoms with Crippen LogP contribution in [0.1, 0.15) is 0 Å². The fraction of sp³-hybridized carbons (Fsp3) is 0. The summed E-state index contributed by atoms with van der Waals surface area (Å²) in [5.74, 6) is 0. The van der Waals surface area contributed by atoms with E-state index in [9.17, 15) is 0 Å². The summed E-state index contributed by atoms with van der Waals surface area (Å²) >= 11 is 0. The normalized spacial score (nSPS) is 13.5. The van der Waals surface area contributed by atoms with Gasteiger partial charge in [-0.1, -0.05) is 97.1 Å². The third kappa shape index (κ3) is 3.34. The van der Waals surface area contributed by atoms with E-state index in [2.05, 4.69) is 195 Å². The highest BCUT2D eigenvalue weighted by atomic mass is 15.2. The van der Waals surface area contributed by atoms with Gasteiger partial charge in [-0.15, -0.1) is 0 Å². The minimum Gasteiger partial charge on any atom is -0.311 e. The van der Waals surface area contributed by atoms with E-state index in [1.807, 2.05) is 0 Å². The molecule has 2 aromatic heterocycles. The molecule has 53 heavy (non-hydrogen) atoms. The predicted molar refractivity (Wildman–Crippen MR) is 223 cm³/mol. The molecule has 0 fully saturated rings. The Bertz CT molecular complexity index is 3170. The first kappa shape index (κ1) is 27.7. The van der Waals surface area contributed by atoms with Crippen molar-refractivity contribution in [1.82, 2.24) is 9.13 Å². The molecule has 3 aliphatic heterocycles. The molecule has 0 amide bonds. The largest absolute Gasteiger partial charge is 0.311 e. The van der Waals surface area contributed by atoms with Crippen molar-refractivity contribution in [1.29, 1.82) is 0 Å². The molecule has 3 aliphatic rings. The molecule has 4 nitrogen and oxygen atoms in total. The molecule has 5 heterocycles. The van der Waals surface area contributed by atoms with Gasteiger partial charge < -0.3 is 18.9 Å². The minimum atomic E-state index is 0.0870. The average Bonchev–Trinajstić information content (AvgIpc) is 3.75. The number of benzene rings is 8. The third-order valence-electron chi connectivity index (χ3n) is 12.0. The van der Waals surface area contributed by atoms with Crippen LogP contribution in [0.15, 0.2) is 176 Å². The van der Waals surface area contributed by atoms with Gasteiger partial charge in [0, 0.05) is 67.0 Å². The second kappa shape index (κ2) is 9.87. The molecule has 10 aromatic rings. The van der Waals surface area contributed by atoms with Crippen molar-refractivity contribution in [2.45, 2.75) is 0 Å². The van der Waals surface area contributed by atoms with E-state index in [1.165, 1.54) is 105 Å². The molecule has 0 saturated heterocycles. The lowest BCUT2D eigenvalue weighted by molar-refractivity contribution is 1.17. The number of rotatable bonds is 3.